The molecule has 2 heteroatoms. The summed E-state index contributed by atoms with van der Waals surface area (Å²) in [6.07, 6.45) is 0.935. The lowest BCUT2D eigenvalue weighted by Crippen LogP contribution is -2.60. The zero-order valence-electron chi connectivity index (χ0n) is 8.44. The Kier molecular flexibility index (Phi) is 3.09. The van der Waals surface area contributed by atoms with Crippen LogP contribution in [-0.4, -0.2) is 11.6 Å². The minimum Gasteiger partial charge on any atom is -0.326 e. The third kappa shape index (κ3) is 2.17. The highest BCUT2D eigenvalue weighted by molar-refractivity contribution is 4.98. The molecular formula is C9H22N2. The van der Waals surface area contributed by atoms with Crippen molar-refractivity contribution in [3.05, 3.63) is 0 Å². The lowest BCUT2D eigenvalue weighted by molar-refractivity contribution is 0.168. The van der Waals surface area contributed by atoms with Gasteiger partial charge in [-0.2, -0.15) is 0 Å². The maximum atomic E-state index is 6.12. The fraction of sp³-hybridized carbons (Fsp3) is 1.00. The molecule has 0 amide bonds. The van der Waals surface area contributed by atoms with Crippen LogP contribution in [0.4, 0.5) is 0 Å². The van der Waals surface area contributed by atoms with Crippen molar-refractivity contribution >= 4 is 0 Å². The van der Waals surface area contributed by atoms with Gasteiger partial charge in [0.15, 0.2) is 0 Å². The molecule has 0 bridgehead atoms. The number of hydrogen-bond acceptors (Lipinski definition) is 2. The van der Waals surface area contributed by atoms with Crippen molar-refractivity contribution < 1.29 is 0 Å². The molecule has 0 saturated heterocycles. The van der Waals surface area contributed by atoms with E-state index >= 15 is 0 Å². The molecule has 0 aromatic heterocycles. The molecule has 2 nitrogen and oxygen atoms in total. The molecule has 0 rings (SSSR count). The Hall–Kier alpha value is -0.0800. The van der Waals surface area contributed by atoms with Gasteiger partial charge >= 0.3 is 0 Å². The van der Waals surface area contributed by atoms with Gasteiger partial charge in [-0.05, 0) is 18.8 Å². The van der Waals surface area contributed by atoms with Gasteiger partial charge < -0.3 is 11.5 Å². The highest BCUT2D eigenvalue weighted by Crippen LogP contribution is 2.30. The van der Waals surface area contributed by atoms with Crippen LogP contribution in [0, 0.1) is 5.41 Å². The molecule has 2 unspecified atom stereocenters. The molecule has 0 aromatic rings. The van der Waals surface area contributed by atoms with E-state index in [4.69, 9.17) is 11.5 Å². The van der Waals surface area contributed by atoms with E-state index in [1.54, 1.807) is 0 Å². The van der Waals surface area contributed by atoms with E-state index < -0.39 is 0 Å². The summed E-state index contributed by atoms with van der Waals surface area (Å²) in [5, 5.41) is 0. The smallest absolute Gasteiger partial charge is 0.0328 e. The lowest BCUT2D eigenvalue weighted by atomic mass is 9.71. The first kappa shape index (κ1) is 10.9. The molecule has 0 spiro atoms. The molecule has 11 heavy (non-hydrogen) atoms. The summed E-state index contributed by atoms with van der Waals surface area (Å²) in [5.74, 6) is 0. The van der Waals surface area contributed by atoms with Crippen molar-refractivity contribution in [3.8, 4) is 0 Å². The van der Waals surface area contributed by atoms with E-state index in [-0.39, 0.29) is 17.0 Å². The Labute approximate surface area is 70.3 Å². The van der Waals surface area contributed by atoms with E-state index in [1.165, 1.54) is 0 Å². The van der Waals surface area contributed by atoms with Crippen LogP contribution in [0.15, 0.2) is 0 Å². The summed E-state index contributed by atoms with van der Waals surface area (Å²) < 4.78 is 0. The molecule has 0 radical (unpaired) electrons. The second-order valence-electron chi connectivity index (χ2n) is 4.55. The average molecular weight is 158 g/mol. The molecule has 0 saturated carbocycles. The van der Waals surface area contributed by atoms with Crippen molar-refractivity contribution in [2.75, 3.05) is 0 Å². The molecule has 2 atom stereocenters. The Balaban J connectivity index is 4.45. The van der Waals surface area contributed by atoms with Crippen molar-refractivity contribution in [3.63, 3.8) is 0 Å². The molecule has 4 N–H and O–H groups in total. The third-order valence-corrected chi connectivity index (χ3v) is 2.83. The van der Waals surface area contributed by atoms with Gasteiger partial charge in [-0.1, -0.05) is 27.7 Å². The summed E-state index contributed by atoms with van der Waals surface area (Å²) in [6.45, 7) is 10.5. The van der Waals surface area contributed by atoms with Gasteiger partial charge in [0.25, 0.3) is 0 Å². The fourth-order valence-electron chi connectivity index (χ4n) is 0.980. The maximum Gasteiger partial charge on any atom is 0.0328 e. The van der Waals surface area contributed by atoms with Crippen LogP contribution in [-0.2, 0) is 0 Å². The van der Waals surface area contributed by atoms with Gasteiger partial charge in [-0.3, -0.25) is 0 Å². The maximum absolute atomic E-state index is 6.12. The largest absolute Gasteiger partial charge is 0.326 e. The molecular weight excluding hydrogens is 136 g/mol. The summed E-state index contributed by atoms with van der Waals surface area (Å²) in [4.78, 5) is 0. The first-order chi connectivity index (χ1) is 4.73. The highest BCUT2D eigenvalue weighted by atomic mass is 14.9. The monoisotopic (exact) mass is 158 g/mol. The Morgan fingerprint density at radius 2 is 1.55 bits per heavy atom. The predicted octanol–water partition coefficient (Wildman–Crippen LogP) is 1.49. The molecule has 0 aromatic carbocycles. The molecule has 0 aliphatic heterocycles. The predicted molar refractivity (Wildman–Crippen MR) is 50.3 cm³/mol. The van der Waals surface area contributed by atoms with Gasteiger partial charge in [0, 0.05) is 11.6 Å². The van der Waals surface area contributed by atoms with Crippen LogP contribution < -0.4 is 11.5 Å². The van der Waals surface area contributed by atoms with Crippen molar-refractivity contribution in [1.29, 1.82) is 0 Å². The standard InChI is InChI=1S/C9H22N2/c1-6-7(10)9(5,11)8(2,3)4/h7H,6,10-11H2,1-5H3. The molecule has 0 heterocycles. The minimum absolute atomic E-state index is 0.0719. The van der Waals surface area contributed by atoms with E-state index in [9.17, 15) is 0 Å². The number of nitrogens with two attached hydrogens (primary N) is 2. The van der Waals surface area contributed by atoms with Crippen LogP contribution in [0.5, 0.6) is 0 Å². The Morgan fingerprint density at radius 1 is 1.18 bits per heavy atom. The zero-order chi connectivity index (χ0) is 9.28. The van der Waals surface area contributed by atoms with Gasteiger partial charge in [0.2, 0.25) is 0 Å². The normalized spacial score (nSPS) is 21.0. The fourth-order valence-corrected chi connectivity index (χ4v) is 0.980. The first-order valence-electron chi connectivity index (χ1n) is 4.28. The van der Waals surface area contributed by atoms with E-state index in [2.05, 4.69) is 27.7 Å². The lowest BCUT2D eigenvalue weighted by Gasteiger charge is -2.42. The number of hydrogen-bond donors (Lipinski definition) is 2. The second-order valence-corrected chi connectivity index (χ2v) is 4.55. The Bertz CT molecular complexity index is 122. The van der Waals surface area contributed by atoms with Crippen LogP contribution in [0.2, 0.25) is 0 Å². The number of rotatable bonds is 2. The van der Waals surface area contributed by atoms with Crippen LogP contribution in [0.1, 0.15) is 41.0 Å². The van der Waals surface area contributed by atoms with Gasteiger partial charge in [-0.15, -0.1) is 0 Å². The topological polar surface area (TPSA) is 52.0 Å². The van der Waals surface area contributed by atoms with Crippen LogP contribution >= 0.6 is 0 Å². The quantitative estimate of drug-likeness (QED) is 0.639. The van der Waals surface area contributed by atoms with Crippen LogP contribution in [0.3, 0.4) is 0 Å². The zero-order valence-corrected chi connectivity index (χ0v) is 8.44. The van der Waals surface area contributed by atoms with Gasteiger partial charge in [0.1, 0.15) is 0 Å². The first-order valence-corrected chi connectivity index (χ1v) is 4.28. The highest BCUT2D eigenvalue weighted by Gasteiger charge is 2.37. The minimum atomic E-state index is -0.276. The third-order valence-electron chi connectivity index (χ3n) is 2.83. The van der Waals surface area contributed by atoms with Gasteiger partial charge in [0.05, 0.1) is 0 Å². The van der Waals surface area contributed by atoms with Crippen molar-refractivity contribution in [1.82, 2.24) is 0 Å². The van der Waals surface area contributed by atoms with Crippen molar-refractivity contribution in [2.24, 2.45) is 16.9 Å². The van der Waals surface area contributed by atoms with Gasteiger partial charge in [-0.25, -0.2) is 0 Å². The summed E-state index contributed by atoms with van der Waals surface area (Å²) >= 11 is 0. The van der Waals surface area contributed by atoms with Crippen molar-refractivity contribution in [2.45, 2.75) is 52.6 Å². The Morgan fingerprint density at radius 3 is 1.64 bits per heavy atom. The van der Waals surface area contributed by atoms with E-state index in [1.807, 2.05) is 6.92 Å². The molecule has 0 aliphatic rings. The van der Waals surface area contributed by atoms with Crippen LogP contribution in [0.25, 0.3) is 0 Å². The molecule has 0 aliphatic carbocycles. The molecule has 0 fully saturated rings. The average Bonchev–Trinajstić information content (AvgIpc) is 1.83. The summed E-state index contributed by atoms with van der Waals surface area (Å²) in [6, 6.07) is 0.0856. The van der Waals surface area contributed by atoms with E-state index in [0.29, 0.717) is 0 Å². The van der Waals surface area contributed by atoms with E-state index in [0.717, 1.165) is 6.42 Å². The summed E-state index contributed by atoms with van der Waals surface area (Å²) in [5.41, 5.74) is 11.8. The molecule has 68 valence electrons. The second kappa shape index (κ2) is 3.11. The SMILES string of the molecule is CCC(N)C(C)(N)C(C)(C)C. The summed E-state index contributed by atoms with van der Waals surface area (Å²) in [7, 11) is 0.